The Bertz CT molecular complexity index is 725. The van der Waals surface area contributed by atoms with Crippen molar-refractivity contribution in [1.29, 1.82) is 0 Å². The summed E-state index contributed by atoms with van der Waals surface area (Å²) in [5.74, 6) is -0.826. The molecule has 1 fully saturated rings. The van der Waals surface area contributed by atoms with E-state index >= 15 is 0 Å². The number of aromatic nitrogens is 1. The summed E-state index contributed by atoms with van der Waals surface area (Å²) in [4.78, 5) is 28.5. The zero-order valence-corrected chi connectivity index (χ0v) is 11.7. The number of thioether (sulfide) groups is 1. The van der Waals surface area contributed by atoms with Crippen molar-refractivity contribution in [1.82, 2.24) is 9.88 Å². The first-order chi connectivity index (χ1) is 10.1. The Kier molecular flexibility index (Phi) is 3.62. The topological polar surface area (TPSA) is 53.2 Å². The van der Waals surface area contributed by atoms with E-state index in [0.29, 0.717) is 10.5 Å². The summed E-state index contributed by atoms with van der Waals surface area (Å²) >= 11 is 0.861. The van der Waals surface area contributed by atoms with Gasteiger partial charge in [0.2, 0.25) is 0 Å². The van der Waals surface area contributed by atoms with Crippen LogP contribution in [-0.2, 0) is 11.3 Å². The molecule has 2 heterocycles. The molecular formula is C15H11FN2O2S. The minimum Gasteiger partial charge on any atom is -0.362 e. The Labute approximate surface area is 124 Å². The molecule has 0 unspecified atom stereocenters. The van der Waals surface area contributed by atoms with Gasteiger partial charge in [-0.25, -0.2) is 4.39 Å². The molecule has 0 bridgehead atoms. The van der Waals surface area contributed by atoms with Crippen molar-refractivity contribution < 1.29 is 14.0 Å². The number of benzene rings is 1. The van der Waals surface area contributed by atoms with Crippen LogP contribution in [0.1, 0.15) is 11.3 Å². The van der Waals surface area contributed by atoms with E-state index in [2.05, 4.69) is 4.98 Å². The Morgan fingerprint density at radius 2 is 2.00 bits per heavy atom. The summed E-state index contributed by atoms with van der Waals surface area (Å²) < 4.78 is 13.6. The molecule has 4 nitrogen and oxygen atoms in total. The predicted octanol–water partition coefficient (Wildman–Crippen LogP) is 3.39. The van der Waals surface area contributed by atoms with Crippen LogP contribution in [0, 0.1) is 5.82 Å². The second-order valence-electron chi connectivity index (χ2n) is 4.48. The van der Waals surface area contributed by atoms with E-state index in [-0.39, 0.29) is 11.8 Å². The maximum atomic E-state index is 13.6. The number of nitrogens with zero attached hydrogens (tertiary/aromatic N) is 1. The summed E-state index contributed by atoms with van der Waals surface area (Å²) in [5.41, 5.74) is 1.06. The molecule has 1 aromatic carbocycles. The molecule has 21 heavy (non-hydrogen) atoms. The zero-order valence-electron chi connectivity index (χ0n) is 10.9. The lowest BCUT2D eigenvalue weighted by molar-refractivity contribution is -0.123. The highest BCUT2D eigenvalue weighted by Gasteiger charge is 2.35. The van der Waals surface area contributed by atoms with Gasteiger partial charge in [-0.2, -0.15) is 0 Å². The van der Waals surface area contributed by atoms with E-state index in [1.54, 1.807) is 42.6 Å². The highest BCUT2D eigenvalue weighted by Crippen LogP contribution is 2.33. The molecule has 3 rings (SSSR count). The van der Waals surface area contributed by atoms with E-state index in [4.69, 9.17) is 0 Å². The van der Waals surface area contributed by atoms with Gasteiger partial charge in [0.25, 0.3) is 11.1 Å². The van der Waals surface area contributed by atoms with Crippen LogP contribution < -0.4 is 0 Å². The van der Waals surface area contributed by atoms with E-state index in [1.165, 1.54) is 6.07 Å². The van der Waals surface area contributed by atoms with Gasteiger partial charge in [-0.15, -0.1) is 0 Å². The van der Waals surface area contributed by atoms with Gasteiger partial charge in [-0.05, 0) is 36.0 Å². The first kappa shape index (κ1) is 13.6. The average Bonchev–Trinajstić information content (AvgIpc) is 3.05. The number of hydrogen-bond acceptors (Lipinski definition) is 3. The zero-order chi connectivity index (χ0) is 14.8. The molecule has 0 spiro atoms. The fourth-order valence-corrected chi connectivity index (χ4v) is 2.84. The molecule has 1 aliphatic heterocycles. The molecule has 1 N–H and O–H groups in total. The van der Waals surface area contributed by atoms with Crippen molar-refractivity contribution in [3.8, 4) is 0 Å². The number of H-pyrrole nitrogens is 1. The van der Waals surface area contributed by atoms with E-state index < -0.39 is 11.7 Å². The predicted molar refractivity (Wildman–Crippen MR) is 78.7 cm³/mol. The molecule has 0 aliphatic carbocycles. The fourth-order valence-electron chi connectivity index (χ4n) is 2.01. The van der Waals surface area contributed by atoms with Crippen LogP contribution in [0.5, 0.6) is 0 Å². The minimum absolute atomic E-state index is 0.0561. The Morgan fingerprint density at radius 1 is 1.19 bits per heavy atom. The highest BCUT2D eigenvalue weighted by atomic mass is 32.2. The highest BCUT2D eigenvalue weighted by molar-refractivity contribution is 8.18. The number of aromatic amines is 1. The number of carbonyl (C=O) groups is 2. The van der Waals surface area contributed by atoms with Crippen molar-refractivity contribution in [2.24, 2.45) is 0 Å². The van der Waals surface area contributed by atoms with Crippen LogP contribution in [0.2, 0.25) is 0 Å². The lowest BCUT2D eigenvalue weighted by Gasteiger charge is -2.12. The van der Waals surface area contributed by atoms with Crippen LogP contribution in [0.3, 0.4) is 0 Å². The maximum Gasteiger partial charge on any atom is 0.293 e. The van der Waals surface area contributed by atoms with E-state index in [9.17, 15) is 14.0 Å². The quantitative estimate of drug-likeness (QED) is 0.884. The van der Waals surface area contributed by atoms with Gasteiger partial charge in [-0.1, -0.05) is 18.2 Å². The Balaban J connectivity index is 1.83. The van der Waals surface area contributed by atoms with Crippen molar-refractivity contribution in [2.75, 3.05) is 0 Å². The van der Waals surface area contributed by atoms with Gasteiger partial charge in [0.05, 0.1) is 11.4 Å². The van der Waals surface area contributed by atoms with Crippen LogP contribution in [0.15, 0.2) is 47.5 Å². The summed E-state index contributed by atoms with van der Waals surface area (Å²) in [6, 6.07) is 9.71. The minimum atomic E-state index is -0.426. The standard InChI is InChI=1S/C15H11FN2O2S/c16-12-6-2-1-4-10(12)9-18-14(19)13(21-15(18)20)8-11-5-3-7-17-11/h1-8,17H,9H2/b13-8-. The summed E-state index contributed by atoms with van der Waals surface area (Å²) in [6.07, 6.45) is 3.35. The van der Waals surface area contributed by atoms with Crippen molar-refractivity contribution in [2.45, 2.75) is 6.54 Å². The number of hydrogen-bond donors (Lipinski definition) is 1. The van der Waals surface area contributed by atoms with Gasteiger partial charge < -0.3 is 4.98 Å². The number of imide groups is 1. The molecule has 2 aromatic rings. The number of nitrogens with one attached hydrogen (secondary N) is 1. The number of halogens is 1. The molecule has 1 aromatic heterocycles. The van der Waals surface area contributed by atoms with Crippen molar-refractivity contribution in [3.63, 3.8) is 0 Å². The third-order valence-corrected chi connectivity index (χ3v) is 3.98. The average molecular weight is 302 g/mol. The van der Waals surface area contributed by atoms with E-state index in [0.717, 1.165) is 22.4 Å². The number of rotatable bonds is 3. The smallest absolute Gasteiger partial charge is 0.293 e. The van der Waals surface area contributed by atoms with Gasteiger partial charge in [0.1, 0.15) is 5.82 Å². The molecular weight excluding hydrogens is 291 g/mol. The second kappa shape index (κ2) is 5.57. The molecule has 1 saturated heterocycles. The van der Waals surface area contributed by atoms with Crippen LogP contribution in [-0.4, -0.2) is 21.0 Å². The largest absolute Gasteiger partial charge is 0.362 e. The Morgan fingerprint density at radius 3 is 2.71 bits per heavy atom. The SMILES string of the molecule is O=C1S/C(=C\c2ccc[nH]2)C(=O)N1Cc1ccccc1F. The lowest BCUT2D eigenvalue weighted by Crippen LogP contribution is -2.27. The van der Waals surface area contributed by atoms with E-state index in [1.807, 2.05) is 0 Å². The Hall–Kier alpha value is -2.34. The van der Waals surface area contributed by atoms with Crippen molar-refractivity contribution >= 4 is 29.0 Å². The normalized spacial score (nSPS) is 17.0. The monoisotopic (exact) mass is 302 g/mol. The van der Waals surface area contributed by atoms with Crippen molar-refractivity contribution in [3.05, 3.63) is 64.6 Å². The molecule has 106 valence electrons. The molecule has 1 aliphatic rings. The van der Waals surface area contributed by atoms with Gasteiger partial charge in [0, 0.05) is 17.5 Å². The van der Waals surface area contributed by atoms with Gasteiger partial charge in [-0.3, -0.25) is 14.5 Å². The van der Waals surface area contributed by atoms with Gasteiger partial charge >= 0.3 is 0 Å². The maximum absolute atomic E-state index is 13.6. The third kappa shape index (κ3) is 2.75. The summed E-state index contributed by atoms with van der Waals surface area (Å²) in [7, 11) is 0. The summed E-state index contributed by atoms with van der Waals surface area (Å²) in [6.45, 7) is -0.0561. The lowest BCUT2D eigenvalue weighted by atomic mass is 10.2. The van der Waals surface area contributed by atoms with Crippen LogP contribution >= 0.6 is 11.8 Å². The molecule has 0 saturated carbocycles. The first-order valence-corrected chi connectivity index (χ1v) is 7.09. The first-order valence-electron chi connectivity index (χ1n) is 6.27. The molecule has 2 amide bonds. The molecule has 0 radical (unpaired) electrons. The van der Waals surface area contributed by atoms with Gasteiger partial charge in [0.15, 0.2) is 0 Å². The molecule has 6 heteroatoms. The fraction of sp³-hybridized carbons (Fsp3) is 0.0667. The molecule has 0 atom stereocenters. The number of amides is 2. The second-order valence-corrected chi connectivity index (χ2v) is 5.48. The van der Waals surface area contributed by atoms with Crippen LogP contribution in [0.4, 0.5) is 9.18 Å². The van der Waals surface area contributed by atoms with Crippen LogP contribution in [0.25, 0.3) is 6.08 Å². The number of carbonyl (C=O) groups excluding carboxylic acids is 2. The summed E-state index contributed by atoms with van der Waals surface area (Å²) in [5, 5.41) is -0.388. The third-order valence-electron chi connectivity index (χ3n) is 3.07.